The Bertz CT molecular complexity index is 584. The van der Waals surface area contributed by atoms with E-state index in [1.54, 1.807) is 19.1 Å². The summed E-state index contributed by atoms with van der Waals surface area (Å²) in [5, 5.41) is 0. The number of carbonyl (C=O) groups excluding carboxylic acids is 1. The van der Waals surface area contributed by atoms with Crippen molar-refractivity contribution in [1.82, 2.24) is 14.7 Å². The van der Waals surface area contributed by atoms with Gasteiger partial charge >= 0.3 is 0 Å². The van der Waals surface area contributed by atoms with Crippen LogP contribution in [0.2, 0.25) is 0 Å². The van der Waals surface area contributed by atoms with Gasteiger partial charge in [-0.2, -0.15) is 0 Å². The summed E-state index contributed by atoms with van der Waals surface area (Å²) in [5.74, 6) is -0.332. The highest BCUT2D eigenvalue weighted by Gasteiger charge is 2.28. The van der Waals surface area contributed by atoms with Crippen LogP contribution in [0.1, 0.15) is 35.2 Å². The van der Waals surface area contributed by atoms with Gasteiger partial charge < -0.3 is 9.80 Å². The molecule has 2 aliphatic heterocycles. The minimum Gasteiger partial charge on any atom is -0.337 e. The Morgan fingerprint density at radius 1 is 1.12 bits per heavy atom. The van der Waals surface area contributed by atoms with Crippen LogP contribution in [0, 0.1) is 12.7 Å². The SMILES string of the molecule is Cc1ccc(C(=O)N2CCCCC(N3CCN(C)CC3)C2)cc1F. The first kappa shape index (κ1) is 17.4. The van der Waals surface area contributed by atoms with Crippen LogP contribution < -0.4 is 0 Å². The fraction of sp³-hybridized carbons (Fsp3) is 0.632. The number of hydrogen-bond donors (Lipinski definition) is 0. The second-order valence-electron chi connectivity index (χ2n) is 7.20. The Kier molecular flexibility index (Phi) is 5.51. The molecule has 0 bridgehead atoms. The summed E-state index contributed by atoms with van der Waals surface area (Å²) in [5.41, 5.74) is 1.05. The number of rotatable bonds is 2. The highest BCUT2D eigenvalue weighted by atomic mass is 19.1. The molecule has 0 radical (unpaired) electrons. The number of carbonyl (C=O) groups is 1. The molecular formula is C19H28FN3O. The number of piperazine rings is 1. The number of aryl methyl sites for hydroxylation is 1. The van der Waals surface area contributed by atoms with Crippen LogP contribution in [-0.4, -0.2) is 73.0 Å². The molecule has 2 aliphatic rings. The van der Waals surface area contributed by atoms with E-state index in [2.05, 4.69) is 16.8 Å². The first-order valence-electron chi connectivity index (χ1n) is 9.02. The molecule has 132 valence electrons. The van der Waals surface area contributed by atoms with Gasteiger partial charge in [0.1, 0.15) is 5.82 Å². The average molecular weight is 333 g/mol. The van der Waals surface area contributed by atoms with Gasteiger partial charge in [-0.05, 0) is 44.5 Å². The molecule has 3 rings (SSSR count). The van der Waals surface area contributed by atoms with E-state index in [0.717, 1.165) is 58.5 Å². The Balaban J connectivity index is 1.69. The molecule has 0 saturated carbocycles. The molecule has 5 heteroatoms. The lowest BCUT2D eigenvalue weighted by Crippen LogP contribution is -2.52. The lowest BCUT2D eigenvalue weighted by Gasteiger charge is -2.39. The molecule has 2 saturated heterocycles. The molecule has 1 amide bonds. The van der Waals surface area contributed by atoms with E-state index < -0.39 is 0 Å². The van der Waals surface area contributed by atoms with Crippen molar-refractivity contribution < 1.29 is 9.18 Å². The van der Waals surface area contributed by atoms with Crippen LogP contribution >= 0.6 is 0 Å². The van der Waals surface area contributed by atoms with E-state index in [1.807, 2.05) is 4.90 Å². The van der Waals surface area contributed by atoms with Gasteiger partial charge in [-0.15, -0.1) is 0 Å². The van der Waals surface area contributed by atoms with Crippen molar-refractivity contribution in [3.05, 3.63) is 35.1 Å². The van der Waals surface area contributed by atoms with Crippen LogP contribution in [0.3, 0.4) is 0 Å². The summed E-state index contributed by atoms with van der Waals surface area (Å²) in [6, 6.07) is 5.25. The zero-order valence-electron chi connectivity index (χ0n) is 14.8. The van der Waals surface area contributed by atoms with Crippen molar-refractivity contribution >= 4 is 5.91 Å². The van der Waals surface area contributed by atoms with Crippen LogP contribution in [0.15, 0.2) is 18.2 Å². The number of likely N-dealkylation sites (N-methyl/N-ethyl adjacent to an activating group) is 1. The summed E-state index contributed by atoms with van der Waals surface area (Å²) in [6.07, 6.45) is 3.34. The Labute approximate surface area is 144 Å². The van der Waals surface area contributed by atoms with Gasteiger partial charge in [-0.25, -0.2) is 4.39 Å². The first-order chi connectivity index (χ1) is 11.5. The van der Waals surface area contributed by atoms with E-state index in [4.69, 9.17) is 0 Å². The number of halogens is 1. The third kappa shape index (κ3) is 3.95. The summed E-state index contributed by atoms with van der Waals surface area (Å²) in [4.78, 5) is 19.6. The standard InChI is InChI=1S/C19H28FN3O/c1-15-6-7-16(13-18(15)20)19(24)23-8-4-3-5-17(14-23)22-11-9-21(2)10-12-22/h6-7,13,17H,3-5,8-12,14H2,1-2H3. The summed E-state index contributed by atoms with van der Waals surface area (Å²) in [6.45, 7) is 7.58. The summed E-state index contributed by atoms with van der Waals surface area (Å²) < 4.78 is 13.8. The van der Waals surface area contributed by atoms with Crippen molar-refractivity contribution in [3.8, 4) is 0 Å². The third-order valence-electron chi connectivity index (χ3n) is 5.41. The monoisotopic (exact) mass is 333 g/mol. The molecule has 0 aliphatic carbocycles. The minimum absolute atomic E-state index is 0.0325. The van der Waals surface area contributed by atoms with Gasteiger partial charge in [-0.1, -0.05) is 12.5 Å². The lowest BCUT2D eigenvalue weighted by molar-refractivity contribution is 0.0631. The molecule has 0 N–H and O–H groups in total. The highest BCUT2D eigenvalue weighted by molar-refractivity contribution is 5.94. The fourth-order valence-corrected chi connectivity index (χ4v) is 3.70. The predicted octanol–water partition coefficient (Wildman–Crippen LogP) is 2.38. The van der Waals surface area contributed by atoms with Crippen LogP contribution in [0.4, 0.5) is 4.39 Å². The average Bonchev–Trinajstić information content (AvgIpc) is 2.83. The maximum absolute atomic E-state index is 13.8. The van der Waals surface area contributed by atoms with E-state index >= 15 is 0 Å². The van der Waals surface area contributed by atoms with Gasteiger partial charge in [0.25, 0.3) is 5.91 Å². The highest BCUT2D eigenvalue weighted by Crippen LogP contribution is 2.20. The molecule has 4 nitrogen and oxygen atoms in total. The zero-order valence-corrected chi connectivity index (χ0v) is 14.8. The summed E-state index contributed by atoms with van der Waals surface area (Å²) in [7, 11) is 2.16. The molecule has 1 unspecified atom stereocenters. The van der Waals surface area contributed by atoms with Crippen molar-refractivity contribution in [3.63, 3.8) is 0 Å². The minimum atomic E-state index is -0.300. The normalized spacial score (nSPS) is 24.0. The van der Waals surface area contributed by atoms with Crippen molar-refractivity contribution in [2.45, 2.75) is 32.2 Å². The molecule has 24 heavy (non-hydrogen) atoms. The van der Waals surface area contributed by atoms with Gasteiger partial charge in [0.2, 0.25) is 0 Å². The fourth-order valence-electron chi connectivity index (χ4n) is 3.70. The molecule has 1 aromatic carbocycles. The number of benzene rings is 1. The first-order valence-corrected chi connectivity index (χ1v) is 9.02. The Hall–Kier alpha value is -1.46. The third-order valence-corrected chi connectivity index (χ3v) is 5.41. The van der Waals surface area contributed by atoms with E-state index in [9.17, 15) is 9.18 Å². The number of hydrogen-bond acceptors (Lipinski definition) is 3. The number of likely N-dealkylation sites (tertiary alicyclic amines) is 1. The molecular weight excluding hydrogens is 305 g/mol. The molecule has 1 atom stereocenters. The summed E-state index contributed by atoms with van der Waals surface area (Å²) >= 11 is 0. The van der Waals surface area contributed by atoms with E-state index in [-0.39, 0.29) is 11.7 Å². The molecule has 2 heterocycles. The van der Waals surface area contributed by atoms with E-state index in [0.29, 0.717) is 17.2 Å². The molecule has 2 fully saturated rings. The van der Waals surface area contributed by atoms with Crippen molar-refractivity contribution in [2.24, 2.45) is 0 Å². The maximum Gasteiger partial charge on any atom is 0.254 e. The maximum atomic E-state index is 13.8. The van der Waals surface area contributed by atoms with Gasteiger partial charge in [-0.3, -0.25) is 9.69 Å². The van der Waals surface area contributed by atoms with Crippen molar-refractivity contribution in [1.29, 1.82) is 0 Å². The van der Waals surface area contributed by atoms with Gasteiger partial charge in [0, 0.05) is 50.9 Å². The smallest absolute Gasteiger partial charge is 0.254 e. The zero-order chi connectivity index (χ0) is 17.1. The van der Waals surface area contributed by atoms with Crippen LogP contribution in [-0.2, 0) is 0 Å². The lowest BCUT2D eigenvalue weighted by atomic mass is 10.1. The second-order valence-corrected chi connectivity index (χ2v) is 7.20. The van der Waals surface area contributed by atoms with E-state index in [1.165, 1.54) is 6.07 Å². The largest absolute Gasteiger partial charge is 0.337 e. The topological polar surface area (TPSA) is 26.8 Å². The van der Waals surface area contributed by atoms with Crippen molar-refractivity contribution in [2.75, 3.05) is 46.3 Å². The van der Waals surface area contributed by atoms with Crippen LogP contribution in [0.5, 0.6) is 0 Å². The van der Waals surface area contributed by atoms with Gasteiger partial charge in [0.05, 0.1) is 0 Å². The van der Waals surface area contributed by atoms with Gasteiger partial charge in [0.15, 0.2) is 0 Å². The molecule has 0 spiro atoms. The molecule has 1 aromatic rings. The number of nitrogens with zero attached hydrogens (tertiary/aromatic N) is 3. The Morgan fingerprint density at radius 3 is 2.58 bits per heavy atom. The quantitative estimate of drug-likeness (QED) is 0.831. The molecule has 0 aromatic heterocycles. The number of amides is 1. The Morgan fingerprint density at radius 2 is 1.88 bits per heavy atom. The second kappa shape index (κ2) is 7.62. The predicted molar refractivity (Wildman–Crippen MR) is 93.7 cm³/mol. The van der Waals surface area contributed by atoms with Crippen LogP contribution in [0.25, 0.3) is 0 Å².